The van der Waals surface area contributed by atoms with Crippen LogP contribution in [0.5, 0.6) is 0 Å². The predicted octanol–water partition coefficient (Wildman–Crippen LogP) is 3.44. The molecule has 2 saturated heterocycles. The van der Waals surface area contributed by atoms with Gasteiger partial charge in [-0.3, -0.25) is 0 Å². The van der Waals surface area contributed by atoms with Crippen LogP contribution in [0.1, 0.15) is 32.1 Å². The number of nitrogens with two attached hydrogens (primary N) is 1. The van der Waals surface area contributed by atoms with Gasteiger partial charge in [0.2, 0.25) is 0 Å². The number of anilines is 1. The van der Waals surface area contributed by atoms with Gasteiger partial charge in [0.25, 0.3) is 0 Å². The maximum Gasteiger partial charge on any atom is 0.0639 e. The highest BCUT2D eigenvalue weighted by molar-refractivity contribution is 6.33. The lowest BCUT2D eigenvalue weighted by Crippen LogP contribution is -2.43. The van der Waals surface area contributed by atoms with Crippen LogP contribution in [0.15, 0.2) is 24.3 Å². The average molecular weight is 265 g/mol. The van der Waals surface area contributed by atoms with E-state index < -0.39 is 0 Å². The number of fused-ring (bicyclic) bond motifs is 2. The number of halogens is 1. The van der Waals surface area contributed by atoms with Crippen molar-refractivity contribution in [3.63, 3.8) is 0 Å². The van der Waals surface area contributed by atoms with Gasteiger partial charge < -0.3 is 10.6 Å². The van der Waals surface area contributed by atoms with Crippen LogP contribution in [0, 0.1) is 5.92 Å². The molecule has 1 aromatic carbocycles. The molecule has 2 atom stereocenters. The molecular formula is C15H21ClN2. The fourth-order valence-corrected chi connectivity index (χ4v) is 4.05. The quantitative estimate of drug-likeness (QED) is 0.906. The second-order valence-corrected chi connectivity index (χ2v) is 6.07. The van der Waals surface area contributed by atoms with E-state index in [1.165, 1.54) is 37.8 Å². The maximum absolute atomic E-state index is 6.35. The Morgan fingerprint density at radius 1 is 1.17 bits per heavy atom. The number of hydrogen-bond donors (Lipinski definition) is 1. The van der Waals surface area contributed by atoms with Crippen molar-refractivity contribution in [3.05, 3.63) is 29.3 Å². The van der Waals surface area contributed by atoms with Gasteiger partial charge in [0.05, 0.1) is 10.7 Å². The van der Waals surface area contributed by atoms with Crippen molar-refractivity contribution < 1.29 is 0 Å². The van der Waals surface area contributed by atoms with Gasteiger partial charge in [0.1, 0.15) is 0 Å². The summed E-state index contributed by atoms with van der Waals surface area (Å²) < 4.78 is 0. The Kier molecular flexibility index (Phi) is 3.49. The minimum absolute atomic E-state index is 0.681. The smallest absolute Gasteiger partial charge is 0.0639 e. The van der Waals surface area contributed by atoms with Crippen LogP contribution in [0.25, 0.3) is 0 Å². The van der Waals surface area contributed by atoms with Crippen LogP contribution in [0.2, 0.25) is 5.02 Å². The number of rotatable bonds is 3. The Bertz CT molecular complexity index is 407. The standard InChI is InChI=1S/C15H21ClN2/c16-14-3-1-2-4-15(14)18-12-5-6-13(18)10-11(9-12)7-8-17/h1-4,11-13H,5-10,17H2. The molecule has 0 saturated carbocycles. The first kappa shape index (κ1) is 12.3. The third kappa shape index (κ3) is 2.12. The van der Waals surface area contributed by atoms with E-state index >= 15 is 0 Å². The molecule has 0 amide bonds. The van der Waals surface area contributed by atoms with Crippen molar-refractivity contribution in [2.24, 2.45) is 11.7 Å². The molecule has 2 bridgehead atoms. The first-order valence-corrected chi connectivity index (χ1v) is 7.40. The zero-order valence-corrected chi connectivity index (χ0v) is 11.4. The SMILES string of the molecule is NCCC1CC2CCC(C1)N2c1ccccc1Cl. The summed E-state index contributed by atoms with van der Waals surface area (Å²) in [6.07, 6.45) is 6.40. The van der Waals surface area contributed by atoms with E-state index in [1.807, 2.05) is 12.1 Å². The van der Waals surface area contributed by atoms with Gasteiger partial charge in [-0.2, -0.15) is 0 Å². The molecule has 0 spiro atoms. The van der Waals surface area contributed by atoms with Crippen LogP contribution in [-0.4, -0.2) is 18.6 Å². The molecule has 2 heterocycles. The van der Waals surface area contributed by atoms with Gasteiger partial charge in [-0.15, -0.1) is 0 Å². The van der Waals surface area contributed by atoms with Crippen molar-refractivity contribution in [2.45, 2.75) is 44.2 Å². The van der Waals surface area contributed by atoms with E-state index in [0.29, 0.717) is 12.1 Å². The lowest BCUT2D eigenvalue weighted by Gasteiger charge is -2.41. The van der Waals surface area contributed by atoms with Crippen LogP contribution in [0.3, 0.4) is 0 Å². The third-order valence-electron chi connectivity index (χ3n) is 4.54. The van der Waals surface area contributed by atoms with Gasteiger partial charge in [-0.25, -0.2) is 0 Å². The molecule has 98 valence electrons. The highest BCUT2D eigenvalue weighted by Crippen LogP contribution is 2.44. The van der Waals surface area contributed by atoms with Crippen molar-refractivity contribution in [1.29, 1.82) is 0 Å². The second-order valence-electron chi connectivity index (χ2n) is 5.66. The molecular weight excluding hydrogens is 244 g/mol. The Balaban J connectivity index is 1.82. The number of hydrogen-bond acceptors (Lipinski definition) is 2. The maximum atomic E-state index is 6.35. The Hall–Kier alpha value is -0.730. The summed E-state index contributed by atoms with van der Waals surface area (Å²) in [5.41, 5.74) is 6.94. The summed E-state index contributed by atoms with van der Waals surface area (Å²) in [5.74, 6) is 0.825. The largest absolute Gasteiger partial charge is 0.364 e. The average Bonchev–Trinajstić information content (AvgIpc) is 2.62. The first-order valence-electron chi connectivity index (χ1n) is 7.02. The summed E-state index contributed by atoms with van der Waals surface area (Å²) in [7, 11) is 0. The molecule has 0 aliphatic carbocycles. The van der Waals surface area contributed by atoms with Crippen molar-refractivity contribution in [2.75, 3.05) is 11.4 Å². The van der Waals surface area contributed by atoms with Gasteiger partial charge in [0, 0.05) is 12.1 Å². The highest BCUT2D eigenvalue weighted by atomic mass is 35.5. The zero-order valence-electron chi connectivity index (χ0n) is 10.7. The molecule has 2 N–H and O–H groups in total. The third-order valence-corrected chi connectivity index (χ3v) is 4.86. The van der Waals surface area contributed by atoms with Gasteiger partial charge >= 0.3 is 0 Å². The molecule has 2 fully saturated rings. The molecule has 2 nitrogen and oxygen atoms in total. The van der Waals surface area contributed by atoms with Gasteiger partial charge in [0.15, 0.2) is 0 Å². The molecule has 0 radical (unpaired) electrons. The van der Waals surface area contributed by atoms with E-state index in [2.05, 4.69) is 17.0 Å². The number of para-hydroxylation sites is 1. The normalized spacial score (nSPS) is 30.8. The Morgan fingerprint density at radius 3 is 2.44 bits per heavy atom. The Morgan fingerprint density at radius 2 is 1.83 bits per heavy atom. The number of nitrogens with zero attached hydrogens (tertiary/aromatic N) is 1. The molecule has 18 heavy (non-hydrogen) atoms. The fraction of sp³-hybridized carbons (Fsp3) is 0.600. The van der Waals surface area contributed by atoms with Gasteiger partial charge in [-0.05, 0) is 56.7 Å². The summed E-state index contributed by atoms with van der Waals surface area (Å²) in [4.78, 5) is 2.58. The predicted molar refractivity (Wildman–Crippen MR) is 77.1 cm³/mol. The monoisotopic (exact) mass is 264 g/mol. The van der Waals surface area contributed by atoms with E-state index in [1.54, 1.807) is 0 Å². The second kappa shape index (κ2) is 5.10. The van der Waals surface area contributed by atoms with E-state index in [4.69, 9.17) is 17.3 Å². The summed E-state index contributed by atoms with van der Waals surface area (Å²) in [6.45, 7) is 0.830. The summed E-state index contributed by atoms with van der Waals surface area (Å²) in [6, 6.07) is 9.63. The molecule has 3 rings (SSSR count). The topological polar surface area (TPSA) is 29.3 Å². The number of benzene rings is 1. The van der Waals surface area contributed by atoms with Crippen molar-refractivity contribution in [1.82, 2.24) is 0 Å². The van der Waals surface area contributed by atoms with Crippen LogP contribution in [-0.2, 0) is 0 Å². The Labute approximate surface area is 114 Å². The molecule has 3 heteroatoms. The van der Waals surface area contributed by atoms with Crippen molar-refractivity contribution in [3.8, 4) is 0 Å². The first-order chi connectivity index (χ1) is 8.79. The minimum atomic E-state index is 0.681. The van der Waals surface area contributed by atoms with E-state index in [9.17, 15) is 0 Å². The molecule has 2 unspecified atom stereocenters. The summed E-state index contributed by atoms with van der Waals surface area (Å²) >= 11 is 6.35. The molecule has 1 aromatic rings. The number of piperidine rings is 1. The lowest BCUT2D eigenvalue weighted by atomic mass is 9.88. The zero-order chi connectivity index (χ0) is 12.5. The highest BCUT2D eigenvalue weighted by Gasteiger charge is 2.40. The van der Waals surface area contributed by atoms with Crippen LogP contribution >= 0.6 is 11.6 Å². The van der Waals surface area contributed by atoms with Gasteiger partial charge in [-0.1, -0.05) is 23.7 Å². The lowest BCUT2D eigenvalue weighted by molar-refractivity contribution is 0.326. The minimum Gasteiger partial charge on any atom is -0.364 e. The van der Waals surface area contributed by atoms with Crippen LogP contribution in [0.4, 0.5) is 5.69 Å². The van der Waals surface area contributed by atoms with Crippen molar-refractivity contribution >= 4 is 17.3 Å². The van der Waals surface area contributed by atoms with E-state index in [0.717, 1.165) is 17.5 Å². The van der Waals surface area contributed by atoms with E-state index in [-0.39, 0.29) is 0 Å². The molecule has 2 aliphatic rings. The fourth-order valence-electron chi connectivity index (χ4n) is 3.82. The molecule has 2 aliphatic heterocycles. The summed E-state index contributed by atoms with van der Waals surface area (Å²) in [5, 5.41) is 0.895. The molecule has 0 aromatic heterocycles. The van der Waals surface area contributed by atoms with Crippen LogP contribution < -0.4 is 10.6 Å².